The normalized spacial score (nSPS) is 19.4. The molecule has 2 atom stereocenters. The van der Waals surface area contributed by atoms with Gasteiger partial charge < -0.3 is 23.9 Å². The first kappa shape index (κ1) is 26.9. The van der Waals surface area contributed by atoms with Crippen LogP contribution in [0.1, 0.15) is 62.5 Å². The van der Waals surface area contributed by atoms with Crippen molar-refractivity contribution in [3.8, 4) is 11.5 Å². The van der Waals surface area contributed by atoms with Crippen molar-refractivity contribution in [2.45, 2.75) is 52.4 Å². The predicted octanol–water partition coefficient (Wildman–Crippen LogP) is 5.65. The zero-order valence-corrected chi connectivity index (χ0v) is 23.0. The van der Waals surface area contributed by atoms with Crippen LogP contribution in [-0.2, 0) is 14.3 Å². The Labute approximate surface area is 222 Å². The zero-order chi connectivity index (χ0) is 26.5. The minimum atomic E-state index is -0.598. The fraction of sp³-hybridized carbons (Fsp3) is 0.448. The highest BCUT2D eigenvalue weighted by Gasteiger charge is 2.43. The average molecular weight is 526 g/mol. The van der Waals surface area contributed by atoms with Gasteiger partial charge in [0, 0.05) is 29.1 Å². The molecule has 0 fully saturated rings. The molecular weight excluding hydrogens is 490 g/mol. The quantitative estimate of drug-likeness (QED) is 0.314. The number of allylic oxidation sites excluding steroid dienone is 3. The molecule has 8 heteroatoms. The Balaban J connectivity index is 1.67. The maximum Gasteiger partial charge on any atom is 0.336 e. The van der Waals surface area contributed by atoms with Gasteiger partial charge in [0.25, 0.3) is 0 Å². The number of aryl methyl sites for hydroxylation is 1. The van der Waals surface area contributed by atoms with Gasteiger partial charge in [-0.1, -0.05) is 13.0 Å². The van der Waals surface area contributed by atoms with E-state index in [2.05, 4.69) is 12.2 Å². The predicted molar refractivity (Wildman–Crippen MR) is 144 cm³/mol. The molecule has 0 radical (unpaired) electrons. The number of rotatable bonds is 10. The van der Waals surface area contributed by atoms with Crippen LogP contribution in [0.2, 0.25) is 0 Å². The van der Waals surface area contributed by atoms with Crippen LogP contribution < -0.4 is 14.8 Å². The van der Waals surface area contributed by atoms with E-state index in [0.717, 1.165) is 28.5 Å². The summed E-state index contributed by atoms with van der Waals surface area (Å²) in [5.74, 6) is 3.26. The van der Waals surface area contributed by atoms with E-state index in [0.29, 0.717) is 60.2 Å². The number of nitrogens with one attached hydrogen (secondary N) is 1. The van der Waals surface area contributed by atoms with Gasteiger partial charge in [0.15, 0.2) is 17.3 Å². The van der Waals surface area contributed by atoms with E-state index in [1.807, 2.05) is 51.1 Å². The third-order valence-electron chi connectivity index (χ3n) is 6.72. The summed E-state index contributed by atoms with van der Waals surface area (Å²) in [6, 6.07) is 9.54. The van der Waals surface area contributed by atoms with Gasteiger partial charge >= 0.3 is 5.97 Å². The summed E-state index contributed by atoms with van der Waals surface area (Å²) in [4.78, 5) is 27.0. The largest absolute Gasteiger partial charge is 0.493 e. The third-order valence-corrected chi connectivity index (χ3v) is 7.58. The van der Waals surface area contributed by atoms with Gasteiger partial charge in [-0.15, -0.1) is 0 Å². The van der Waals surface area contributed by atoms with E-state index in [1.165, 1.54) is 0 Å². The van der Waals surface area contributed by atoms with Crippen LogP contribution in [0.5, 0.6) is 11.5 Å². The smallest absolute Gasteiger partial charge is 0.336 e. The van der Waals surface area contributed by atoms with Crippen LogP contribution in [0.4, 0.5) is 0 Å². The van der Waals surface area contributed by atoms with Crippen molar-refractivity contribution < 1.29 is 28.2 Å². The molecule has 0 saturated carbocycles. The molecule has 2 heterocycles. The Morgan fingerprint density at radius 1 is 1.14 bits per heavy atom. The second-order valence-corrected chi connectivity index (χ2v) is 10.5. The first-order valence-corrected chi connectivity index (χ1v) is 13.9. The molecular formula is C29H35NO6S. The fourth-order valence-electron chi connectivity index (χ4n) is 5.07. The summed E-state index contributed by atoms with van der Waals surface area (Å²) in [5.41, 5.74) is 3.54. The lowest BCUT2D eigenvalue weighted by Gasteiger charge is -2.35. The highest BCUT2D eigenvalue weighted by atomic mass is 32.2. The standard InChI is InChI=1S/C29H35NO6S/c1-6-34-23-11-9-19(16-25(23)33-5)20-14-21-27(22(31)15-20)28(24-10-8-17(3)36-24)26(18(4)30-21)29(32)35-12-13-37-7-2/h8-11,16,20,28,30H,6-7,12-15H2,1-5H3. The number of Topliss-reactive ketones (excluding diaryl/α,β-unsaturated/α-hetero) is 1. The van der Waals surface area contributed by atoms with Crippen molar-refractivity contribution in [1.29, 1.82) is 0 Å². The number of thioether (sulfide) groups is 1. The third kappa shape index (κ3) is 5.74. The molecule has 0 bridgehead atoms. The van der Waals surface area contributed by atoms with Crippen molar-refractivity contribution in [2.24, 2.45) is 0 Å². The van der Waals surface area contributed by atoms with Crippen LogP contribution in [-0.4, -0.2) is 43.6 Å². The highest BCUT2D eigenvalue weighted by Crippen LogP contribution is 2.46. The zero-order valence-electron chi connectivity index (χ0n) is 22.1. The van der Waals surface area contributed by atoms with Crippen molar-refractivity contribution in [3.63, 3.8) is 0 Å². The number of furan rings is 1. The molecule has 2 aliphatic rings. The van der Waals surface area contributed by atoms with Gasteiger partial charge in [0.05, 0.1) is 25.2 Å². The van der Waals surface area contributed by atoms with Crippen molar-refractivity contribution >= 4 is 23.5 Å². The molecule has 1 N–H and O–H groups in total. The monoisotopic (exact) mass is 525 g/mol. The van der Waals surface area contributed by atoms with Crippen molar-refractivity contribution in [3.05, 3.63) is 70.0 Å². The van der Waals surface area contributed by atoms with E-state index >= 15 is 0 Å². The Kier molecular flexibility index (Phi) is 8.69. The molecule has 2 unspecified atom stereocenters. The van der Waals surface area contributed by atoms with E-state index < -0.39 is 11.9 Å². The lowest BCUT2D eigenvalue weighted by Crippen LogP contribution is -2.36. The number of ketones is 1. The summed E-state index contributed by atoms with van der Waals surface area (Å²) in [7, 11) is 1.61. The second-order valence-electron chi connectivity index (χ2n) is 9.14. The Bertz CT molecular complexity index is 1230. The molecule has 1 aromatic heterocycles. The SMILES string of the molecule is CCOc1ccc(C2CC(=O)C3=C(C2)NC(C)=C(C(=O)OCCSCC)C3c2ccc(C)o2)cc1OC. The van der Waals surface area contributed by atoms with E-state index in [9.17, 15) is 9.59 Å². The topological polar surface area (TPSA) is 87.0 Å². The van der Waals surface area contributed by atoms with Crippen molar-refractivity contribution in [1.82, 2.24) is 5.32 Å². The summed E-state index contributed by atoms with van der Waals surface area (Å²) in [6.07, 6.45) is 0.948. The number of carbonyl (C=O) groups excluding carboxylic acids is 2. The van der Waals surface area contributed by atoms with Crippen LogP contribution in [0.15, 0.2) is 57.3 Å². The molecule has 7 nitrogen and oxygen atoms in total. The lowest BCUT2D eigenvalue weighted by molar-refractivity contribution is -0.138. The van der Waals surface area contributed by atoms with Crippen molar-refractivity contribution in [2.75, 3.05) is 31.8 Å². The summed E-state index contributed by atoms with van der Waals surface area (Å²) >= 11 is 1.71. The minimum absolute atomic E-state index is 0.00927. The molecule has 1 aliphatic carbocycles. The maximum atomic E-state index is 13.7. The minimum Gasteiger partial charge on any atom is -0.493 e. The molecule has 0 saturated heterocycles. The molecule has 0 amide bonds. The summed E-state index contributed by atoms with van der Waals surface area (Å²) in [5, 5.41) is 3.38. The number of hydrogen-bond donors (Lipinski definition) is 1. The van der Waals surface area contributed by atoms with Crippen LogP contribution in [0.3, 0.4) is 0 Å². The van der Waals surface area contributed by atoms with Gasteiger partial charge in [0.1, 0.15) is 18.1 Å². The molecule has 1 aromatic carbocycles. The van der Waals surface area contributed by atoms with Gasteiger partial charge in [-0.2, -0.15) is 11.8 Å². The van der Waals surface area contributed by atoms with Gasteiger partial charge in [-0.05, 0) is 68.7 Å². The van der Waals surface area contributed by atoms with Gasteiger partial charge in [0.2, 0.25) is 0 Å². The average Bonchev–Trinajstić information content (AvgIpc) is 3.31. The maximum absolute atomic E-state index is 13.7. The van der Waals surface area contributed by atoms with Crippen LogP contribution in [0.25, 0.3) is 0 Å². The molecule has 2 aromatic rings. The molecule has 4 rings (SSSR count). The fourth-order valence-corrected chi connectivity index (χ4v) is 5.56. The van der Waals surface area contributed by atoms with Crippen LogP contribution in [0, 0.1) is 6.92 Å². The number of carbonyl (C=O) groups is 2. The number of methoxy groups -OCH3 is 1. The number of hydrogen-bond acceptors (Lipinski definition) is 8. The number of dihydropyridines is 1. The van der Waals surface area contributed by atoms with E-state index in [-0.39, 0.29) is 11.7 Å². The number of esters is 1. The lowest BCUT2D eigenvalue weighted by atomic mass is 9.73. The van der Waals surface area contributed by atoms with E-state index in [4.69, 9.17) is 18.6 Å². The van der Waals surface area contributed by atoms with Crippen LogP contribution >= 0.6 is 11.8 Å². The highest BCUT2D eigenvalue weighted by molar-refractivity contribution is 7.99. The number of benzene rings is 1. The Hall–Kier alpha value is -3.13. The summed E-state index contributed by atoms with van der Waals surface area (Å²) < 4.78 is 22.8. The first-order valence-electron chi connectivity index (χ1n) is 12.7. The molecule has 198 valence electrons. The molecule has 0 spiro atoms. The molecule has 1 aliphatic heterocycles. The summed E-state index contributed by atoms with van der Waals surface area (Å²) in [6.45, 7) is 8.57. The number of ether oxygens (including phenoxy) is 3. The van der Waals surface area contributed by atoms with Gasteiger partial charge in [-0.3, -0.25) is 4.79 Å². The Morgan fingerprint density at radius 2 is 1.95 bits per heavy atom. The Morgan fingerprint density at radius 3 is 2.62 bits per heavy atom. The van der Waals surface area contributed by atoms with E-state index in [1.54, 1.807) is 18.9 Å². The first-order chi connectivity index (χ1) is 17.9. The van der Waals surface area contributed by atoms with Gasteiger partial charge in [-0.25, -0.2) is 4.79 Å². The molecule has 37 heavy (non-hydrogen) atoms. The second kappa shape index (κ2) is 11.9.